The van der Waals surface area contributed by atoms with Crippen LogP contribution in [0.5, 0.6) is 0 Å². The van der Waals surface area contributed by atoms with Crippen molar-refractivity contribution in [2.45, 2.75) is 37.1 Å². The summed E-state index contributed by atoms with van der Waals surface area (Å²) < 4.78 is 0. The number of aromatic amines is 1. The molecule has 0 radical (unpaired) electrons. The van der Waals surface area contributed by atoms with E-state index in [1.54, 1.807) is 12.4 Å². The zero-order valence-electron chi connectivity index (χ0n) is 13.3. The maximum Gasteiger partial charge on any atom is 0.188 e. The average Bonchev–Trinajstić information content (AvgIpc) is 3.03. The van der Waals surface area contributed by atoms with Crippen molar-refractivity contribution in [3.8, 4) is 11.4 Å². The molecule has 0 aliphatic heterocycles. The molecule has 6 nitrogen and oxygen atoms in total. The van der Waals surface area contributed by atoms with Gasteiger partial charge in [0, 0.05) is 17.8 Å². The van der Waals surface area contributed by atoms with Crippen molar-refractivity contribution in [3.63, 3.8) is 0 Å². The summed E-state index contributed by atoms with van der Waals surface area (Å²) >= 11 is 1.52. The second kappa shape index (κ2) is 6.45. The first kappa shape index (κ1) is 15.6. The van der Waals surface area contributed by atoms with Crippen LogP contribution in [0.1, 0.15) is 32.4 Å². The second-order valence-electron chi connectivity index (χ2n) is 6.08. The van der Waals surface area contributed by atoms with Crippen molar-refractivity contribution in [3.05, 3.63) is 48.3 Å². The third kappa shape index (κ3) is 3.92. The molecular weight excluding hydrogens is 308 g/mol. The molecule has 0 amide bonds. The normalized spacial score (nSPS) is 11.6. The van der Waals surface area contributed by atoms with Crippen LogP contribution in [-0.2, 0) is 11.2 Å². The fourth-order valence-corrected chi connectivity index (χ4v) is 2.59. The van der Waals surface area contributed by atoms with Gasteiger partial charge in [0.2, 0.25) is 0 Å². The van der Waals surface area contributed by atoms with E-state index in [4.69, 9.17) is 0 Å². The molecule has 0 unspecified atom stereocenters. The van der Waals surface area contributed by atoms with Gasteiger partial charge in [0.05, 0.1) is 17.1 Å². The van der Waals surface area contributed by atoms with E-state index in [1.165, 1.54) is 11.8 Å². The first-order valence-corrected chi connectivity index (χ1v) is 8.30. The Morgan fingerprint density at radius 3 is 2.57 bits per heavy atom. The number of nitrogens with zero attached hydrogens (tertiary/aromatic N) is 5. The number of thioether (sulfide) groups is 1. The van der Waals surface area contributed by atoms with Gasteiger partial charge in [0.1, 0.15) is 5.82 Å². The Kier molecular flexibility index (Phi) is 4.38. The number of hydrogen-bond acceptors (Lipinski definition) is 6. The van der Waals surface area contributed by atoms with E-state index < -0.39 is 0 Å². The first-order valence-electron chi connectivity index (χ1n) is 7.31. The van der Waals surface area contributed by atoms with Gasteiger partial charge in [-0.25, -0.2) is 15.0 Å². The van der Waals surface area contributed by atoms with Gasteiger partial charge in [-0.15, -0.1) is 0 Å². The van der Waals surface area contributed by atoms with Crippen molar-refractivity contribution < 1.29 is 0 Å². The molecule has 23 heavy (non-hydrogen) atoms. The van der Waals surface area contributed by atoms with E-state index in [1.807, 2.05) is 24.3 Å². The van der Waals surface area contributed by atoms with Gasteiger partial charge in [-0.2, -0.15) is 5.10 Å². The molecule has 3 rings (SSSR count). The highest BCUT2D eigenvalue weighted by atomic mass is 32.2. The SMILES string of the molecule is CC(C)(C)c1n[nH]c(CSc2nccc(-c3ccccn3)n2)n1. The molecular formula is C16H18N6S. The van der Waals surface area contributed by atoms with E-state index >= 15 is 0 Å². The van der Waals surface area contributed by atoms with E-state index in [0.717, 1.165) is 23.0 Å². The zero-order chi connectivity index (χ0) is 16.3. The molecule has 0 aliphatic carbocycles. The Morgan fingerprint density at radius 2 is 1.87 bits per heavy atom. The van der Waals surface area contributed by atoms with E-state index in [2.05, 4.69) is 50.9 Å². The van der Waals surface area contributed by atoms with Crippen LogP contribution >= 0.6 is 11.8 Å². The van der Waals surface area contributed by atoms with Crippen molar-refractivity contribution in [1.82, 2.24) is 30.1 Å². The monoisotopic (exact) mass is 326 g/mol. The summed E-state index contributed by atoms with van der Waals surface area (Å²) in [5, 5.41) is 7.94. The van der Waals surface area contributed by atoms with Gasteiger partial charge in [0.25, 0.3) is 0 Å². The molecule has 0 spiro atoms. The molecule has 3 aromatic heterocycles. The number of hydrogen-bond donors (Lipinski definition) is 1. The smallest absolute Gasteiger partial charge is 0.188 e. The minimum atomic E-state index is -0.0607. The lowest BCUT2D eigenvalue weighted by Crippen LogP contribution is -2.13. The van der Waals surface area contributed by atoms with Gasteiger partial charge in [-0.1, -0.05) is 38.6 Å². The lowest BCUT2D eigenvalue weighted by atomic mass is 9.96. The predicted molar refractivity (Wildman–Crippen MR) is 89.9 cm³/mol. The topological polar surface area (TPSA) is 80.2 Å². The zero-order valence-corrected chi connectivity index (χ0v) is 14.1. The number of H-pyrrole nitrogens is 1. The molecule has 0 bridgehead atoms. The summed E-state index contributed by atoms with van der Waals surface area (Å²) in [4.78, 5) is 17.7. The second-order valence-corrected chi connectivity index (χ2v) is 7.03. The standard InChI is InChI=1S/C16H18N6S/c1-16(2,3)14-20-13(21-22-14)10-23-15-18-9-7-12(19-15)11-6-4-5-8-17-11/h4-9H,10H2,1-3H3,(H,20,21,22). The molecule has 0 fully saturated rings. The molecule has 1 N–H and O–H groups in total. The van der Waals surface area contributed by atoms with Gasteiger partial charge >= 0.3 is 0 Å². The summed E-state index contributed by atoms with van der Waals surface area (Å²) in [7, 11) is 0. The van der Waals surface area contributed by atoms with Crippen LogP contribution < -0.4 is 0 Å². The molecule has 0 saturated carbocycles. The van der Waals surface area contributed by atoms with E-state index in [-0.39, 0.29) is 5.41 Å². The van der Waals surface area contributed by atoms with Gasteiger partial charge in [-0.05, 0) is 18.2 Å². The molecule has 0 atom stereocenters. The van der Waals surface area contributed by atoms with Crippen LogP contribution in [0.3, 0.4) is 0 Å². The number of nitrogens with one attached hydrogen (secondary N) is 1. The number of rotatable bonds is 4. The molecule has 118 valence electrons. The quantitative estimate of drug-likeness (QED) is 0.585. The highest BCUT2D eigenvalue weighted by molar-refractivity contribution is 7.98. The lowest BCUT2D eigenvalue weighted by Gasteiger charge is -2.11. The summed E-state index contributed by atoms with van der Waals surface area (Å²) in [6.45, 7) is 6.27. The summed E-state index contributed by atoms with van der Waals surface area (Å²) in [5.41, 5.74) is 1.59. The van der Waals surface area contributed by atoms with Crippen LogP contribution in [0.4, 0.5) is 0 Å². The van der Waals surface area contributed by atoms with Crippen molar-refractivity contribution in [2.24, 2.45) is 0 Å². The first-order chi connectivity index (χ1) is 11.0. The van der Waals surface area contributed by atoms with Crippen LogP contribution in [0.25, 0.3) is 11.4 Å². The molecule has 0 aliphatic rings. The van der Waals surface area contributed by atoms with Crippen LogP contribution in [0.15, 0.2) is 41.8 Å². The lowest BCUT2D eigenvalue weighted by molar-refractivity contribution is 0.548. The molecule has 3 heterocycles. The molecule has 3 aromatic rings. The van der Waals surface area contributed by atoms with Crippen molar-refractivity contribution in [2.75, 3.05) is 0 Å². The highest BCUT2D eigenvalue weighted by Crippen LogP contribution is 2.22. The number of pyridine rings is 1. The third-order valence-electron chi connectivity index (χ3n) is 3.10. The Bertz CT molecular complexity index is 779. The van der Waals surface area contributed by atoms with Crippen molar-refractivity contribution >= 4 is 11.8 Å². The van der Waals surface area contributed by atoms with E-state index in [9.17, 15) is 0 Å². The maximum atomic E-state index is 4.54. The maximum absolute atomic E-state index is 4.54. The Hall–Kier alpha value is -2.28. The highest BCUT2D eigenvalue weighted by Gasteiger charge is 2.19. The Morgan fingerprint density at radius 1 is 1.00 bits per heavy atom. The predicted octanol–water partition coefficient (Wildman–Crippen LogP) is 3.25. The fourth-order valence-electron chi connectivity index (χ4n) is 1.90. The van der Waals surface area contributed by atoms with Crippen LogP contribution in [0.2, 0.25) is 0 Å². The summed E-state index contributed by atoms with van der Waals surface area (Å²) in [6, 6.07) is 7.62. The Labute approximate surface area is 139 Å². The Balaban J connectivity index is 1.70. The molecule has 0 aromatic carbocycles. The van der Waals surface area contributed by atoms with Crippen molar-refractivity contribution in [1.29, 1.82) is 0 Å². The average molecular weight is 326 g/mol. The number of aromatic nitrogens is 6. The molecule has 7 heteroatoms. The van der Waals surface area contributed by atoms with Gasteiger partial charge in [-0.3, -0.25) is 10.1 Å². The summed E-state index contributed by atoms with van der Waals surface area (Å²) in [6.07, 6.45) is 3.51. The largest absolute Gasteiger partial charge is 0.262 e. The fraction of sp³-hybridized carbons (Fsp3) is 0.312. The van der Waals surface area contributed by atoms with Crippen LogP contribution in [0, 0.1) is 0 Å². The van der Waals surface area contributed by atoms with Gasteiger partial charge < -0.3 is 0 Å². The van der Waals surface area contributed by atoms with Crippen LogP contribution in [-0.4, -0.2) is 30.1 Å². The third-order valence-corrected chi connectivity index (χ3v) is 3.97. The summed E-state index contributed by atoms with van der Waals surface area (Å²) in [5.74, 6) is 2.29. The minimum Gasteiger partial charge on any atom is -0.262 e. The van der Waals surface area contributed by atoms with Gasteiger partial charge in [0.15, 0.2) is 11.0 Å². The molecule has 0 saturated heterocycles. The van der Waals surface area contributed by atoms with E-state index in [0.29, 0.717) is 10.9 Å². The minimum absolute atomic E-state index is 0.0607.